The zero-order valence-corrected chi connectivity index (χ0v) is 15.5. The van der Waals surface area contributed by atoms with Gasteiger partial charge in [0.2, 0.25) is 11.6 Å². The number of hydrogen-bond acceptors (Lipinski definition) is 8. The first-order valence-corrected chi connectivity index (χ1v) is 8.78. The Morgan fingerprint density at radius 1 is 1.03 bits per heavy atom. The van der Waals surface area contributed by atoms with Gasteiger partial charge in [0.1, 0.15) is 35.7 Å². The van der Waals surface area contributed by atoms with Crippen LogP contribution in [0.5, 0.6) is 11.5 Å². The minimum atomic E-state index is 0.138. The average molecular weight is 391 g/mol. The van der Waals surface area contributed by atoms with Crippen LogP contribution in [0.25, 0.3) is 11.7 Å². The third-order valence-corrected chi connectivity index (χ3v) is 4.05. The van der Waals surface area contributed by atoms with E-state index in [1.165, 1.54) is 0 Å². The van der Waals surface area contributed by atoms with Crippen molar-refractivity contribution in [2.24, 2.45) is 0 Å². The highest BCUT2D eigenvalue weighted by atomic mass is 16.5. The summed E-state index contributed by atoms with van der Waals surface area (Å²) in [5, 5.41) is 12.3. The van der Waals surface area contributed by atoms with Crippen molar-refractivity contribution in [2.75, 3.05) is 12.4 Å². The topological polar surface area (TPSA) is 107 Å². The molecule has 0 bridgehead atoms. The van der Waals surface area contributed by atoms with Gasteiger partial charge in [-0.15, -0.1) is 0 Å². The summed E-state index contributed by atoms with van der Waals surface area (Å²) < 4.78 is 27.5. The van der Waals surface area contributed by atoms with Gasteiger partial charge in [0.15, 0.2) is 5.76 Å². The molecule has 0 spiro atoms. The number of benzene rings is 1. The molecular weight excluding hydrogens is 374 g/mol. The van der Waals surface area contributed by atoms with Crippen molar-refractivity contribution >= 4 is 5.88 Å². The maximum atomic E-state index is 9.29. The molecule has 0 saturated carbocycles. The summed E-state index contributed by atoms with van der Waals surface area (Å²) in [5.74, 6) is 3.62. The van der Waals surface area contributed by atoms with E-state index in [0.717, 1.165) is 5.75 Å². The van der Waals surface area contributed by atoms with Gasteiger partial charge >= 0.3 is 0 Å². The van der Waals surface area contributed by atoms with Gasteiger partial charge in [-0.25, -0.2) is 0 Å². The van der Waals surface area contributed by atoms with Gasteiger partial charge in [0.05, 0.1) is 19.9 Å². The largest absolute Gasteiger partial charge is 0.497 e. The highest BCUT2D eigenvalue weighted by Crippen LogP contribution is 2.28. The predicted octanol–water partition coefficient (Wildman–Crippen LogP) is 4.60. The summed E-state index contributed by atoms with van der Waals surface area (Å²) in [4.78, 5) is 4.18. The lowest BCUT2D eigenvalue weighted by Gasteiger charge is -2.05. The number of furan rings is 2. The van der Waals surface area contributed by atoms with Crippen LogP contribution in [0.4, 0.5) is 5.88 Å². The zero-order valence-electron chi connectivity index (χ0n) is 15.5. The van der Waals surface area contributed by atoms with E-state index in [1.54, 1.807) is 31.6 Å². The summed E-state index contributed by atoms with van der Waals surface area (Å²) in [6.45, 7) is 0.608. The highest BCUT2D eigenvalue weighted by Gasteiger charge is 2.17. The molecule has 0 saturated heterocycles. The van der Waals surface area contributed by atoms with Crippen LogP contribution >= 0.6 is 0 Å². The Balaban J connectivity index is 1.42. The molecule has 4 rings (SSSR count). The van der Waals surface area contributed by atoms with E-state index >= 15 is 0 Å². The number of methoxy groups -OCH3 is 1. The van der Waals surface area contributed by atoms with E-state index in [1.807, 2.05) is 36.4 Å². The third-order valence-electron chi connectivity index (χ3n) is 4.05. The van der Waals surface area contributed by atoms with Crippen molar-refractivity contribution in [3.05, 3.63) is 72.0 Å². The van der Waals surface area contributed by atoms with E-state index in [2.05, 4.69) is 10.3 Å². The monoisotopic (exact) mass is 391 g/mol. The zero-order chi connectivity index (χ0) is 20.1. The van der Waals surface area contributed by atoms with Crippen molar-refractivity contribution in [2.45, 2.75) is 13.2 Å². The maximum absolute atomic E-state index is 9.29. The Kier molecular flexibility index (Phi) is 5.21. The number of nitriles is 1. The van der Waals surface area contributed by atoms with Gasteiger partial charge in [0, 0.05) is 0 Å². The molecule has 0 unspecified atom stereocenters. The molecule has 8 heteroatoms. The van der Waals surface area contributed by atoms with E-state index in [0.29, 0.717) is 29.6 Å². The van der Waals surface area contributed by atoms with E-state index in [9.17, 15) is 5.26 Å². The summed E-state index contributed by atoms with van der Waals surface area (Å²) >= 11 is 0. The van der Waals surface area contributed by atoms with Gasteiger partial charge in [0.25, 0.3) is 5.89 Å². The van der Waals surface area contributed by atoms with E-state index in [-0.39, 0.29) is 24.1 Å². The van der Waals surface area contributed by atoms with Gasteiger partial charge in [-0.3, -0.25) is 0 Å². The molecule has 3 heterocycles. The van der Waals surface area contributed by atoms with Crippen LogP contribution in [-0.2, 0) is 13.2 Å². The molecule has 4 aromatic rings. The lowest BCUT2D eigenvalue weighted by Crippen LogP contribution is -1.98. The molecule has 1 aromatic carbocycles. The minimum Gasteiger partial charge on any atom is -0.497 e. The van der Waals surface area contributed by atoms with Crippen molar-refractivity contribution in [3.63, 3.8) is 0 Å². The van der Waals surface area contributed by atoms with Crippen molar-refractivity contribution < 1.29 is 22.7 Å². The van der Waals surface area contributed by atoms with Crippen LogP contribution in [0, 0.1) is 11.3 Å². The van der Waals surface area contributed by atoms with Gasteiger partial charge in [-0.05, 0) is 48.5 Å². The second-order valence-electron chi connectivity index (χ2n) is 5.97. The number of nitrogens with one attached hydrogen (secondary N) is 1. The lowest BCUT2D eigenvalue weighted by molar-refractivity contribution is 0.270. The first-order chi connectivity index (χ1) is 14.2. The van der Waals surface area contributed by atoms with Crippen molar-refractivity contribution in [1.29, 1.82) is 5.26 Å². The van der Waals surface area contributed by atoms with Crippen LogP contribution in [0.1, 0.15) is 17.2 Å². The molecule has 0 amide bonds. The Morgan fingerprint density at radius 2 is 1.86 bits per heavy atom. The molecule has 8 nitrogen and oxygen atoms in total. The Hall–Kier alpha value is -4.12. The van der Waals surface area contributed by atoms with Crippen molar-refractivity contribution in [1.82, 2.24) is 4.98 Å². The SMILES string of the molecule is COc1ccc(OCc2ccc(-c3nc(C#N)c(NCc4ccco4)o3)o2)cc1. The fraction of sp³-hybridized carbons (Fsp3) is 0.143. The molecule has 0 aliphatic heterocycles. The average Bonchev–Trinajstić information content (AvgIpc) is 3.51. The minimum absolute atomic E-state index is 0.138. The molecule has 0 atom stereocenters. The number of aromatic nitrogens is 1. The van der Waals surface area contributed by atoms with Crippen LogP contribution in [0.2, 0.25) is 0 Å². The maximum Gasteiger partial charge on any atom is 0.266 e. The number of oxazole rings is 1. The Bertz CT molecular complexity index is 1100. The predicted molar refractivity (Wildman–Crippen MR) is 102 cm³/mol. The van der Waals surface area contributed by atoms with E-state index < -0.39 is 0 Å². The molecular formula is C21H17N3O5. The molecule has 0 aliphatic carbocycles. The standard InChI is InChI=1S/C21H17N3O5/c1-25-14-4-6-15(7-5-14)27-13-17-8-9-19(28-17)21-24-18(11-22)20(29-21)23-12-16-3-2-10-26-16/h2-10,23H,12-13H2,1H3. The Morgan fingerprint density at radius 3 is 2.59 bits per heavy atom. The normalized spacial score (nSPS) is 10.5. The summed E-state index contributed by atoms with van der Waals surface area (Å²) in [7, 11) is 1.61. The van der Waals surface area contributed by atoms with Crippen LogP contribution in [0.3, 0.4) is 0 Å². The summed E-state index contributed by atoms with van der Waals surface area (Å²) in [5.41, 5.74) is 0.138. The molecule has 0 aliphatic rings. The number of anilines is 1. The molecule has 3 aromatic heterocycles. The number of ether oxygens (including phenoxy) is 2. The molecule has 0 radical (unpaired) electrons. The first-order valence-electron chi connectivity index (χ1n) is 8.78. The summed E-state index contributed by atoms with van der Waals surface area (Å²) in [6, 6.07) is 16.3. The first kappa shape index (κ1) is 18.3. The quantitative estimate of drug-likeness (QED) is 0.464. The third kappa shape index (κ3) is 4.25. The highest BCUT2D eigenvalue weighted by molar-refractivity contribution is 5.54. The fourth-order valence-electron chi connectivity index (χ4n) is 2.60. The molecule has 29 heavy (non-hydrogen) atoms. The fourth-order valence-corrected chi connectivity index (χ4v) is 2.60. The van der Waals surface area contributed by atoms with Gasteiger partial charge < -0.3 is 28.0 Å². The van der Waals surface area contributed by atoms with Gasteiger partial charge in [-0.2, -0.15) is 10.2 Å². The van der Waals surface area contributed by atoms with E-state index in [4.69, 9.17) is 22.7 Å². The number of hydrogen-bond donors (Lipinski definition) is 1. The van der Waals surface area contributed by atoms with Crippen molar-refractivity contribution in [3.8, 4) is 29.2 Å². The van der Waals surface area contributed by atoms with Crippen LogP contribution in [0.15, 0.2) is 68.0 Å². The molecule has 146 valence electrons. The Labute approximate surface area is 166 Å². The van der Waals surface area contributed by atoms with Gasteiger partial charge in [-0.1, -0.05) is 0 Å². The number of nitrogens with zero attached hydrogens (tertiary/aromatic N) is 2. The van der Waals surface area contributed by atoms with Crippen LogP contribution in [-0.4, -0.2) is 12.1 Å². The molecule has 1 N–H and O–H groups in total. The second-order valence-corrected chi connectivity index (χ2v) is 5.97. The summed E-state index contributed by atoms with van der Waals surface area (Å²) in [6.07, 6.45) is 1.58. The number of rotatable bonds is 8. The van der Waals surface area contributed by atoms with Crippen LogP contribution < -0.4 is 14.8 Å². The smallest absolute Gasteiger partial charge is 0.266 e. The molecule has 0 fully saturated rings. The second kappa shape index (κ2) is 8.27. The lowest BCUT2D eigenvalue weighted by atomic mass is 10.3.